The molecule has 0 bridgehead atoms. The molecule has 0 N–H and O–H groups in total. The highest BCUT2D eigenvalue weighted by molar-refractivity contribution is 7.99. The van der Waals surface area contributed by atoms with Gasteiger partial charge in [0, 0.05) is 29.7 Å². The lowest BCUT2D eigenvalue weighted by Crippen LogP contribution is -2.41. The number of nitrogens with zero attached hydrogens (tertiary/aromatic N) is 6. The maximum Gasteiger partial charge on any atom is 0.253 e. The van der Waals surface area contributed by atoms with Gasteiger partial charge in [-0.25, -0.2) is 22.9 Å². The normalized spacial score (nSPS) is 12.6. The molecule has 0 aliphatic rings. The van der Waals surface area contributed by atoms with Crippen LogP contribution in [0.25, 0.3) is 5.78 Å². The van der Waals surface area contributed by atoms with Crippen molar-refractivity contribution in [3.63, 3.8) is 0 Å². The van der Waals surface area contributed by atoms with Crippen LogP contribution in [-0.2, 0) is 10.0 Å². The molecule has 0 fully saturated rings. The second-order valence-corrected chi connectivity index (χ2v) is 9.93. The average molecular weight is 421 g/mol. The van der Waals surface area contributed by atoms with Crippen molar-refractivity contribution in [1.29, 1.82) is 0 Å². The first kappa shape index (κ1) is 20.7. The van der Waals surface area contributed by atoms with Crippen LogP contribution in [0.3, 0.4) is 0 Å². The Morgan fingerprint density at radius 3 is 2.32 bits per heavy atom. The summed E-state index contributed by atoms with van der Waals surface area (Å²) in [6.45, 7) is 11.3. The van der Waals surface area contributed by atoms with Gasteiger partial charge in [0.1, 0.15) is 9.92 Å². The summed E-state index contributed by atoms with van der Waals surface area (Å²) < 4.78 is 29.0. The molecule has 0 aromatic carbocycles. The molecular formula is C18H24N6O2S2. The summed E-state index contributed by atoms with van der Waals surface area (Å²) in [6, 6.07) is 4.91. The first-order valence-corrected chi connectivity index (χ1v) is 11.2. The van der Waals surface area contributed by atoms with Crippen LogP contribution in [0.2, 0.25) is 0 Å². The van der Waals surface area contributed by atoms with Gasteiger partial charge in [-0.2, -0.15) is 9.29 Å². The van der Waals surface area contributed by atoms with Crippen LogP contribution in [0, 0.1) is 13.8 Å². The van der Waals surface area contributed by atoms with Gasteiger partial charge >= 0.3 is 0 Å². The van der Waals surface area contributed by atoms with E-state index in [2.05, 4.69) is 20.1 Å². The Kier molecular flexibility index (Phi) is 5.74. The van der Waals surface area contributed by atoms with Crippen LogP contribution in [-0.4, -0.2) is 49.4 Å². The first-order valence-electron chi connectivity index (χ1n) is 8.98. The van der Waals surface area contributed by atoms with Crippen LogP contribution >= 0.6 is 11.8 Å². The number of aryl methyl sites for hydroxylation is 2. The predicted octanol–water partition coefficient (Wildman–Crippen LogP) is 3.09. The van der Waals surface area contributed by atoms with Crippen molar-refractivity contribution < 1.29 is 8.42 Å². The minimum atomic E-state index is -3.60. The molecule has 0 amide bonds. The van der Waals surface area contributed by atoms with E-state index in [9.17, 15) is 8.42 Å². The fourth-order valence-electron chi connectivity index (χ4n) is 3.14. The summed E-state index contributed by atoms with van der Waals surface area (Å²) in [5, 5.41) is 5.56. The van der Waals surface area contributed by atoms with E-state index in [1.165, 1.54) is 22.3 Å². The molecule has 0 saturated heterocycles. The maximum atomic E-state index is 12.9. The minimum absolute atomic E-state index is 0.138. The van der Waals surface area contributed by atoms with E-state index < -0.39 is 10.0 Å². The van der Waals surface area contributed by atoms with E-state index in [0.29, 0.717) is 16.0 Å². The molecule has 8 nitrogen and oxygen atoms in total. The Labute approximate surface area is 169 Å². The van der Waals surface area contributed by atoms with E-state index in [1.807, 2.05) is 47.6 Å². The summed E-state index contributed by atoms with van der Waals surface area (Å²) in [6.07, 6.45) is 1.39. The standard InChI is InChI=1S/C18H24N6O2S2/c1-11(2)24(12(3)4)28(25,26)15-7-8-16(19-10-15)27-18-21-17-20-13(5)9-14(6)23(17)22-18/h7-12H,1-6H3. The van der Waals surface area contributed by atoms with Crippen molar-refractivity contribution in [1.82, 2.24) is 28.9 Å². The van der Waals surface area contributed by atoms with Crippen LogP contribution in [0.4, 0.5) is 0 Å². The zero-order valence-electron chi connectivity index (χ0n) is 16.8. The molecule has 0 aliphatic heterocycles. The fraction of sp³-hybridized carbons (Fsp3) is 0.444. The lowest BCUT2D eigenvalue weighted by Gasteiger charge is -2.29. The van der Waals surface area contributed by atoms with Crippen molar-refractivity contribution >= 4 is 27.6 Å². The Balaban J connectivity index is 1.86. The Hall–Kier alpha value is -2.04. The lowest BCUT2D eigenvalue weighted by atomic mass is 10.3. The van der Waals surface area contributed by atoms with Gasteiger partial charge in [-0.3, -0.25) is 0 Å². The molecule has 0 radical (unpaired) electrons. The van der Waals surface area contributed by atoms with Crippen LogP contribution in [0.15, 0.2) is 39.5 Å². The van der Waals surface area contributed by atoms with Crippen LogP contribution in [0.1, 0.15) is 39.1 Å². The van der Waals surface area contributed by atoms with E-state index >= 15 is 0 Å². The minimum Gasteiger partial charge on any atom is -0.248 e. The molecule has 0 spiro atoms. The topological polar surface area (TPSA) is 93.4 Å². The second kappa shape index (κ2) is 7.76. The summed E-state index contributed by atoms with van der Waals surface area (Å²) in [5.74, 6) is 0.531. The average Bonchev–Trinajstić information content (AvgIpc) is 2.96. The summed E-state index contributed by atoms with van der Waals surface area (Å²) in [7, 11) is -3.60. The third-order valence-electron chi connectivity index (χ3n) is 4.10. The van der Waals surface area contributed by atoms with Gasteiger partial charge < -0.3 is 0 Å². The highest BCUT2D eigenvalue weighted by Crippen LogP contribution is 2.26. The molecule has 0 aliphatic carbocycles. The highest BCUT2D eigenvalue weighted by atomic mass is 32.2. The number of fused-ring (bicyclic) bond motifs is 1. The number of pyridine rings is 1. The fourth-order valence-corrected chi connectivity index (χ4v) is 5.60. The molecule has 0 unspecified atom stereocenters. The van der Waals surface area contributed by atoms with E-state index in [1.54, 1.807) is 16.6 Å². The number of aromatic nitrogens is 5. The Bertz CT molecular complexity index is 1080. The quantitative estimate of drug-likeness (QED) is 0.605. The molecule has 0 saturated carbocycles. The molecule has 28 heavy (non-hydrogen) atoms. The zero-order valence-corrected chi connectivity index (χ0v) is 18.4. The molecule has 3 rings (SSSR count). The number of hydrogen-bond acceptors (Lipinski definition) is 7. The van der Waals surface area contributed by atoms with Gasteiger partial charge in [-0.05, 0) is 71.5 Å². The summed E-state index contributed by atoms with van der Waals surface area (Å²) in [4.78, 5) is 13.3. The van der Waals surface area contributed by atoms with Crippen molar-refractivity contribution in [3.8, 4) is 0 Å². The van der Waals surface area contributed by atoms with Gasteiger partial charge in [-0.1, -0.05) is 0 Å². The lowest BCUT2D eigenvalue weighted by molar-refractivity contribution is 0.302. The van der Waals surface area contributed by atoms with Crippen LogP contribution in [0.5, 0.6) is 0 Å². The van der Waals surface area contributed by atoms with Crippen molar-refractivity contribution in [3.05, 3.63) is 35.8 Å². The Morgan fingerprint density at radius 2 is 1.75 bits per heavy atom. The first-order chi connectivity index (χ1) is 13.1. The van der Waals surface area contributed by atoms with Gasteiger partial charge in [0.05, 0.1) is 0 Å². The largest absolute Gasteiger partial charge is 0.253 e. The monoisotopic (exact) mass is 420 g/mol. The Morgan fingerprint density at radius 1 is 1.07 bits per heavy atom. The molecule has 3 aromatic rings. The van der Waals surface area contributed by atoms with Crippen molar-refractivity contribution in [2.75, 3.05) is 0 Å². The number of hydrogen-bond donors (Lipinski definition) is 0. The maximum absolute atomic E-state index is 12.9. The van der Waals surface area contributed by atoms with Gasteiger partial charge in [-0.15, -0.1) is 5.10 Å². The molecule has 10 heteroatoms. The summed E-state index contributed by atoms with van der Waals surface area (Å²) >= 11 is 1.27. The van der Waals surface area contributed by atoms with E-state index in [4.69, 9.17) is 0 Å². The molecule has 0 atom stereocenters. The predicted molar refractivity (Wildman–Crippen MR) is 108 cm³/mol. The molecule has 3 heterocycles. The van der Waals surface area contributed by atoms with Gasteiger partial charge in [0.2, 0.25) is 15.2 Å². The summed E-state index contributed by atoms with van der Waals surface area (Å²) in [5.41, 5.74) is 1.82. The third kappa shape index (κ3) is 4.03. The smallest absolute Gasteiger partial charge is 0.248 e. The van der Waals surface area contributed by atoms with Gasteiger partial charge in [0.15, 0.2) is 0 Å². The number of rotatable bonds is 6. The zero-order chi connectivity index (χ0) is 20.6. The van der Waals surface area contributed by atoms with Crippen molar-refractivity contribution in [2.24, 2.45) is 0 Å². The van der Waals surface area contributed by atoms with E-state index in [-0.39, 0.29) is 17.0 Å². The van der Waals surface area contributed by atoms with Gasteiger partial charge in [0.25, 0.3) is 5.78 Å². The molecule has 150 valence electrons. The SMILES string of the molecule is Cc1cc(C)n2nc(Sc3ccc(S(=O)(=O)N(C(C)C)C(C)C)cn3)nc2n1. The second-order valence-electron chi connectivity index (χ2n) is 7.10. The number of sulfonamides is 1. The third-order valence-corrected chi connectivity index (χ3v) is 7.14. The van der Waals surface area contributed by atoms with E-state index in [0.717, 1.165) is 11.4 Å². The molecule has 3 aromatic heterocycles. The molecular weight excluding hydrogens is 396 g/mol. The highest BCUT2D eigenvalue weighted by Gasteiger charge is 2.29. The van der Waals surface area contributed by atoms with Crippen molar-refractivity contribution in [2.45, 2.75) is 68.7 Å². The van der Waals surface area contributed by atoms with Crippen LogP contribution < -0.4 is 0 Å².